The maximum Gasteiger partial charge on any atom is 0.323 e. The highest BCUT2D eigenvalue weighted by Gasteiger charge is 2.19. The number of carbonyl (C=O) groups excluding carboxylic acids is 1. The second kappa shape index (κ2) is 7.81. The lowest BCUT2D eigenvalue weighted by atomic mass is 10.3. The molecule has 18 heavy (non-hydrogen) atoms. The van der Waals surface area contributed by atoms with E-state index in [1.807, 2.05) is 38.1 Å². The Morgan fingerprint density at radius 3 is 2.50 bits per heavy atom. The first-order valence-corrected chi connectivity index (χ1v) is 7.53. The van der Waals surface area contributed by atoms with Crippen molar-refractivity contribution >= 4 is 33.7 Å². The van der Waals surface area contributed by atoms with Crippen molar-refractivity contribution in [3.8, 4) is 0 Å². The van der Waals surface area contributed by atoms with Gasteiger partial charge in [-0.15, -0.1) is 11.8 Å². The third-order valence-electron chi connectivity index (χ3n) is 2.25. The molecule has 0 aromatic heterocycles. The number of halogens is 1. The van der Waals surface area contributed by atoms with Crippen LogP contribution in [0.3, 0.4) is 0 Å². The van der Waals surface area contributed by atoms with Gasteiger partial charge in [0.25, 0.3) is 0 Å². The van der Waals surface area contributed by atoms with Gasteiger partial charge in [0, 0.05) is 21.2 Å². The van der Waals surface area contributed by atoms with Gasteiger partial charge < -0.3 is 10.1 Å². The highest BCUT2D eigenvalue weighted by atomic mass is 79.9. The fourth-order valence-electron chi connectivity index (χ4n) is 1.44. The SMILES string of the molecule is COC(=O)C(CSc1ccc(Br)cc1)NC(C)C. The predicted octanol–water partition coefficient (Wildman–Crippen LogP) is 3.08. The van der Waals surface area contributed by atoms with Crippen molar-refractivity contribution in [1.29, 1.82) is 0 Å². The molecule has 1 N–H and O–H groups in total. The second-order valence-electron chi connectivity index (χ2n) is 4.16. The third kappa shape index (κ3) is 5.42. The van der Waals surface area contributed by atoms with Gasteiger partial charge in [0.2, 0.25) is 0 Å². The first kappa shape index (κ1) is 15.5. The molecule has 0 aliphatic rings. The van der Waals surface area contributed by atoms with Crippen molar-refractivity contribution in [1.82, 2.24) is 5.32 Å². The van der Waals surface area contributed by atoms with E-state index in [-0.39, 0.29) is 18.1 Å². The summed E-state index contributed by atoms with van der Waals surface area (Å²) in [6.45, 7) is 4.03. The van der Waals surface area contributed by atoms with Gasteiger partial charge in [-0.25, -0.2) is 0 Å². The van der Waals surface area contributed by atoms with E-state index in [2.05, 4.69) is 21.2 Å². The van der Waals surface area contributed by atoms with Crippen LogP contribution < -0.4 is 5.32 Å². The molecule has 3 nitrogen and oxygen atoms in total. The number of hydrogen-bond acceptors (Lipinski definition) is 4. The Morgan fingerprint density at radius 2 is 2.00 bits per heavy atom. The van der Waals surface area contributed by atoms with Crippen molar-refractivity contribution in [2.75, 3.05) is 12.9 Å². The molecule has 0 radical (unpaired) electrons. The minimum absolute atomic E-state index is 0.215. The van der Waals surface area contributed by atoms with Gasteiger partial charge in [0.15, 0.2) is 0 Å². The molecule has 0 aliphatic carbocycles. The van der Waals surface area contributed by atoms with Crippen LogP contribution >= 0.6 is 27.7 Å². The lowest BCUT2D eigenvalue weighted by Gasteiger charge is -2.18. The van der Waals surface area contributed by atoms with Gasteiger partial charge >= 0.3 is 5.97 Å². The summed E-state index contributed by atoms with van der Waals surface area (Å²) in [7, 11) is 1.42. The molecule has 0 heterocycles. The van der Waals surface area contributed by atoms with Gasteiger partial charge in [-0.05, 0) is 24.3 Å². The highest BCUT2D eigenvalue weighted by Crippen LogP contribution is 2.21. The van der Waals surface area contributed by atoms with Crippen LogP contribution in [0.2, 0.25) is 0 Å². The molecule has 100 valence electrons. The van der Waals surface area contributed by atoms with E-state index in [1.165, 1.54) is 7.11 Å². The van der Waals surface area contributed by atoms with Crippen LogP contribution in [0.1, 0.15) is 13.8 Å². The maximum absolute atomic E-state index is 11.6. The topological polar surface area (TPSA) is 38.3 Å². The van der Waals surface area contributed by atoms with Gasteiger partial charge in [-0.2, -0.15) is 0 Å². The largest absolute Gasteiger partial charge is 0.468 e. The van der Waals surface area contributed by atoms with Crippen molar-refractivity contribution < 1.29 is 9.53 Å². The average molecular weight is 332 g/mol. The van der Waals surface area contributed by atoms with E-state index >= 15 is 0 Å². The molecule has 0 fully saturated rings. The number of rotatable bonds is 6. The molecule has 0 bridgehead atoms. The Bertz CT molecular complexity index is 381. The first-order valence-electron chi connectivity index (χ1n) is 5.75. The molecule has 1 atom stereocenters. The van der Waals surface area contributed by atoms with Gasteiger partial charge in [-0.1, -0.05) is 29.8 Å². The molecule has 5 heteroatoms. The molecule has 0 amide bonds. The van der Waals surface area contributed by atoms with Crippen LogP contribution in [0.25, 0.3) is 0 Å². The standard InChI is InChI=1S/C13H18BrNO2S/c1-9(2)15-12(13(16)17-3)8-18-11-6-4-10(14)5-7-11/h4-7,9,12,15H,8H2,1-3H3. The lowest BCUT2D eigenvalue weighted by molar-refractivity contribution is -0.142. The zero-order valence-corrected chi connectivity index (χ0v) is 13.2. The molecule has 1 unspecified atom stereocenters. The summed E-state index contributed by atoms with van der Waals surface area (Å²) in [6.07, 6.45) is 0. The van der Waals surface area contributed by atoms with Crippen LogP contribution in [0, 0.1) is 0 Å². The normalized spacial score (nSPS) is 12.5. The summed E-state index contributed by atoms with van der Waals surface area (Å²) in [5.74, 6) is 0.445. The van der Waals surface area contributed by atoms with Crippen LogP contribution in [-0.4, -0.2) is 30.9 Å². The number of ether oxygens (including phenoxy) is 1. The average Bonchev–Trinajstić information content (AvgIpc) is 2.35. The molecule has 1 aromatic carbocycles. The summed E-state index contributed by atoms with van der Waals surface area (Å²) in [5, 5.41) is 3.21. The van der Waals surface area contributed by atoms with Crippen LogP contribution in [-0.2, 0) is 9.53 Å². The number of esters is 1. The Kier molecular flexibility index (Phi) is 6.75. The molecule has 0 spiro atoms. The van der Waals surface area contributed by atoms with E-state index in [1.54, 1.807) is 11.8 Å². The lowest BCUT2D eigenvalue weighted by Crippen LogP contribution is -2.43. The maximum atomic E-state index is 11.6. The zero-order chi connectivity index (χ0) is 13.5. The number of carbonyl (C=O) groups is 1. The smallest absolute Gasteiger partial charge is 0.323 e. The number of nitrogens with one attached hydrogen (secondary N) is 1. The summed E-state index contributed by atoms with van der Waals surface area (Å²) >= 11 is 5.04. The van der Waals surface area contributed by atoms with Gasteiger partial charge in [-0.3, -0.25) is 4.79 Å². The quantitative estimate of drug-likeness (QED) is 0.642. The van der Waals surface area contributed by atoms with Crippen molar-refractivity contribution in [2.45, 2.75) is 30.8 Å². The molecular formula is C13H18BrNO2S. The minimum Gasteiger partial charge on any atom is -0.468 e. The minimum atomic E-state index is -0.274. The first-order chi connectivity index (χ1) is 8.52. The third-order valence-corrected chi connectivity index (χ3v) is 3.88. The van der Waals surface area contributed by atoms with E-state index in [4.69, 9.17) is 4.74 Å². The van der Waals surface area contributed by atoms with E-state index in [9.17, 15) is 4.79 Å². The Morgan fingerprint density at radius 1 is 1.39 bits per heavy atom. The van der Waals surface area contributed by atoms with E-state index < -0.39 is 0 Å². The zero-order valence-electron chi connectivity index (χ0n) is 10.8. The fraction of sp³-hybridized carbons (Fsp3) is 0.462. The second-order valence-corrected chi connectivity index (χ2v) is 6.17. The van der Waals surface area contributed by atoms with Gasteiger partial charge in [0.05, 0.1) is 7.11 Å². The van der Waals surface area contributed by atoms with Gasteiger partial charge in [0.1, 0.15) is 6.04 Å². The Hall–Kier alpha value is -0.520. The number of benzene rings is 1. The van der Waals surface area contributed by atoms with Crippen molar-refractivity contribution in [2.24, 2.45) is 0 Å². The summed E-state index contributed by atoms with van der Waals surface area (Å²) in [4.78, 5) is 12.8. The number of thioether (sulfide) groups is 1. The monoisotopic (exact) mass is 331 g/mol. The predicted molar refractivity (Wildman–Crippen MR) is 78.9 cm³/mol. The molecule has 0 aliphatic heterocycles. The molecule has 0 saturated carbocycles. The summed E-state index contributed by atoms with van der Waals surface area (Å²) in [6, 6.07) is 8.01. The van der Waals surface area contributed by atoms with E-state index in [0.29, 0.717) is 5.75 Å². The summed E-state index contributed by atoms with van der Waals surface area (Å²) in [5.41, 5.74) is 0. The highest BCUT2D eigenvalue weighted by molar-refractivity contribution is 9.10. The molecule has 1 aromatic rings. The number of hydrogen-bond donors (Lipinski definition) is 1. The Labute approximate surface area is 121 Å². The molecule has 1 rings (SSSR count). The van der Waals surface area contributed by atoms with Crippen LogP contribution in [0.15, 0.2) is 33.6 Å². The Balaban J connectivity index is 2.55. The van der Waals surface area contributed by atoms with Crippen LogP contribution in [0.5, 0.6) is 0 Å². The van der Waals surface area contributed by atoms with Crippen molar-refractivity contribution in [3.63, 3.8) is 0 Å². The number of methoxy groups -OCH3 is 1. The van der Waals surface area contributed by atoms with Crippen molar-refractivity contribution in [3.05, 3.63) is 28.7 Å². The molecule has 0 saturated heterocycles. The molecular weight excluding hydrogens is 314 g/mol. The summed E-state index contributed by atoms with van der Waals surface area (Å²) < 4.78 is 5.85. The van der Waals surface area contributed by atoms with Crippen LogP contribution in [0.4, 0.5) is 0 Å². The van der Waals surface area contributed by atoms with E-state index in [0.717, 1.165) is 9.37 Å². The fourth-order valence-corrected chi connectivity index (χ4v) is 2.62.